The standard InChI is InChI=1S/C18H20N4OS/c1-4-21(5-2)15-8-6-14(7-9-15)12-19-22-13(3)20-17-16(18(22)23)10-11-24-17/h6-12H,4-5H2,1-3H3/b19-12-. The van der Waals surface area contributed by atoms with Gasteiger partial charge in [-0.05, 0) is 49.9 Å². The van der Waals surface area contributed by atoms with Crippen molar-refractivity contribution in [2.75, 3.05) is 18.0 Å². The van der Waals surface area contributed by atoms with Gasteiger partial charge in [0.2, 0.25) is 0 Å². The van der Waals surface area contributed by atoms with Crippen LogP contribution < -0.4 is 10.5 Å². The molecule has 3 aromatic rings. The van der Waals surface area contributed by atoms with E-state index >= 15 is 0 Å². The fraction of sp³-hybridized carbons (Fsp3) is 0.278. The van der Waals surface area contributed by atoms with Gasteiger partial charge >= 0.3 is 0 Å². The van der Waals surface area contributed by atoms with Gasteiger partial charge in [0.15, 0.2) is 0 Å². The second-order valence-corrected chi connectivity index (χ2v) is 6.32. The van der Waals surface area contributed by atoms with Gasteiger partial charge in [-0.1, -0.05) is 12.1 Å². The van der Waals surface area contributed by atoms with Crippen LogP contribution in [0.4, 0.5) is 5.69 Å². The summed E-state index contributed by atoms with van der Waals surface area (Å²) in [4.78, 5) is 19.9. The molecule has 2 heterocycles. The van der Waals surface area contributed by atoms with Crippen LogP contribution in [0.25, 0.3) is 10.2 Å². The molecule has 2 aromatic heterocycles. The molecule has 0 radical (unpaired) electrons. The van der Waals surface area contributed by atoms with E-state index in [1.165, 1.54) is 21.7 Å². The first-order valence-electron chi connectivity index (χ1n) is 8.00. The number of aromatic nitrogens is 2. The maximum absolute atomic E-state index is 12.5. The van der Waals surface area contributed by atoms with Crippen LogP contribution in [0.5, 0.6) is 0 Å². The molecule has 0 saturated heterocycles. The Kier molecular flexibility index (Phi) is 4.76. The van der Waals surface area contributed by atoms with E-state index in [-0.39, 0.29) is 5.56 Å². The first-order chi connectivity index (χ1) is 11.6. The minimum atomic E-state index is -0.130. The summed E-state index contributed by atoms with van der Waals surface area (Å²) >= 11 is 1.47. The molecular formula is C18H20N4OS. The van der Waals surface area contributed by atoms with Crippen molar-refractivity contribution in [2.24, 2.45) is 5.10 Å². The fourth-order valence-electron chi connectivity index (χ4n) is 2.63. The molecule has 0 saturated carbocycles. The van der Waals surface area contributed by atoms with Crippen LogP contribution in [0, 0.1) is 6.92 Å². The van der Waals surface area contributed by atoms with Gasteiger partial charge in [-0.3, -0.25) is 4.79 Å². The summed E-state index contributed by atoms with van der Waals surface area (Å²) in [6.07, 6.45) is 1.69. The molecule has 0 aliphatic carbocycles. The molecule has 0 atom stereocenters. The first kappa shape index (κ1) is 16.4. The summed E-state index contributed by atoms with van der Waals surface area (Å²) in [7, 11) is 0. The molecule has 0 fully saturated rings. The molecule has 6 heteroatoms. The average Bonchev–Trinajstić information content (AvgIpc) is 3.05. The molecule has 0 aliphatic rings. The third kappa shape index (κ3) is 3.10. The van der Waals surface area contributed by atoms with Gasteiger partial charge in [0.25, 0.3) is 5.56 Å². The summed E-state index contributed by atoms with van der Waals surface area (Å²) < 4.78 is 1.35. The number of aryl methyl sites for hydroxylation is 1. The van der Waals surface area contributed by atoms with Crippen LogP contribution in [0.3, 0.4) is 0 Å². The monoisotopic (exact) mass is 340 g/mol. The highest BCUT2D eigenvalue weighted by atomic mass is 32.1. The number of nitrogens with zero attached hydrogens (tertiary/aromatic N) is 4. The topological polar surface area (TPSA) is 50.5 Å². The van der Waals surface area contributed by atoms with Crippen LogP contribution in [0.1, 0.15) is 25.2 Å². The number of hydrogen-bond acceptors (Lipinski definition) is 5. The van der Waals surface area contributed by atoms with Gasteiger partial charge in [-0.25, -0.2) is 4.98 Å². The van der Waals surface area contributed by atoms with Crippen molar-refractivity contribution in [3.63, 3.8) is 0 Å². The Hall–Kier alpha value is -2.47. The molecule has 124 valence electrons. The normalized spacial score (nSPS) is 11.5. The van der Waals surface area contributed by atoms with Gasteiger partial charge in [0.05, 0.1) is 11.6 Å². The summed E-state index contributed by atoms with van der Waals surface area (Å²) in [5.74, 6) is 0.589. The third-order valence-electron chi connectivity index (χ3n) is 3.98. The van der Waals surface area contributed by atoms with Crippen LogP contribution in [0.2, 0.25) is 0 Å². The Morgan fingerprint density at radius 2 is 1.92 bits per heavy atom. The Morgan fingerprint density at radius 3 is 2.58 bits per heavy atom. The Labute approximate surface area is 144 Å². The molecule has 3 rings (SSSR count). The zero-order valence-corrected chi connectivity index (χ0v) is 14.9. The number of thiophene rings is 1. The smallest absolute Gasteiger partial charge is 0.282 e. The molecule has 0 spiro atoms. The largest absolute Gasteiger partial charge is 0.372 e. The molecule has 5 nitrogen and oxygen atoms in total. The van der Waals surface area contributed by atoms with Gasteiger partial charge in [0.1, 0.15) is 10.7 Å². The second kappa shape index (κ2) is 6.97. The van der Waals surface area contributed by atoms with Crippen molar-refractivity contribution in [1.82, 2.24) is 9.66 Å². The minimum Gasteiger partial charge on any atom is -0.372 e. The van der Waals surface area contributed by atoms with Crippen LogP contribution >= 0.6 is 11.3 Å². The fourth-order valence-corrected chi connectivity index (χ4v) is 3.43. The van der Waals surface area contributed by atoms with Crippen molar-refractivity contribution < 1.29 is 0 Å². The van der Waals surface area contributed by atoms with Crippen molar-refractivity contribution in [2.45, 2.75) is 20.8 Å². The lowest BCUT2D eigenvalue weighted by Crippen LogP contribution is -2.21. The molecule has 1 aromatic carbocycles. The van der Waals surface area contributed by atoms with Crippen LogP contribution in [-0.2, 0) is 0 Å². The van der Waals surface area contributed by atoms with Gasteiger partial charge in [-0.15, -0.1) is 11.3 Å². The van der Waals surface area contributed by atoms with Crippen LogP contribution in [0.15, 0.2) is 45.6 Å². The summed E-state index contributed by atoms with van der Waals surface area (Å²) in [5, 5.41) is 6.81. The summed E-state index contributed by atoms with van der Waals surface area (Å²) in [6, 6.07) is 9.95. The van der Waals surface area contributed by atoms with E-state index in [0.29, 0.717) is 11.2 Å². The van der Waals surface area contributed by atoms with E-state index in [9.17, 15) is 4.79 Å². The summed E-state index contributed by atoms with van der Waals surface area (Å²) in [5.41, 5.74) is 2.00. The predicted molar refractivity (Wildman–Crippen MR) is 102 cm³/mol. The Morgan fingerprint density at radius 1 is 1.21 bits per heavy atom. The summed E-state index contributed by atoms with van der Waals surface area (Å²) in [6.45, 7) is 8.03. The second-order valence-electron chi connectivity index (χ2n) is 5.42. The number of anilines is 1. The Bertz CT molecular complexity index is 920. The third-order valence-corrected chi connectivity index (χ3v) is 4.79. The van der Waals surface area contributed by atoms with Crippen LogP contribution in [-0.4, -0.2) is 29.0 Å². The van der Waals surface area contributed by atoms with E-state index in [1.54, 1.807) is 19.2 Å². The van der Waals surface area contributed by atoms with Crippen molar-refractivity contribution in [3.05, 3.63) is 57.5 Å². The Balaban J connectivity index is 1.90. The van der Waals surface area contributed by atoms with Gasteiger partial charge in [0, 0.05) is 18.8 Å². The zero-order chi connectivity index (χ0) is 17.1. The van der Waals surface area contributed by atoms with E-state index < -0.39 is 0 Å². The van der Waals surface area contributed by atoms with Gasteiger partial charge in [-0.2, -0.15) is 9.78 Å². The van der Waals surface area contributed by atoms with Crippen molar-refractivity contribution >= 4 is 33.5 Å². The lowest BCUT2D eigenvalue weighted by molar-refractivity contribution is 0.772. The molecule has 0 bridgehead atoms. The molecular weight excluding hydrogens is 320 g/mol. The molecule has 0 unspecified atom stereocenters. The number of hydrogen-bond donors (Lipinski definition) is 0. The maximum Gasteiger partial charge on any atom is 0.282 e. The zero-order valence-electron chi connectivity index (χ0n) is 14.1. The maximum atomic E-state index is 12.5. The molecule has 0 N–H and O–H groups in total. The van der Waals surface area contributed by atoms with E-state index in [2.05, 4.69) is 41.0 Å². The predicted octanol–water partition coefficient (Wildman–Crippen LogP) is 3.49. The van der Waals surface area contributed by atoms with Crippen molar-refractivity contribution in [1.29, 1.82) is 0 Å². The lowest BCUT2D eigenvalue weighted by atomic mass is 10.2. The number of fused-ring (bicyclic) bond motifs is 1. The van der Waals surface area contributed by atoms with E-state index in [4.69, 9.17) is 0 Å². The minimum absolute atomic E-state index is 0.130. The highest BCUT2D eigenvalue weighted by Crippen LogP contribution is 2.16. The SMILES string of the molecule is CCN(CC)c1ccc(/C=N\n2c(C)nc3sccc3c2=O)cc1. The number of rotatable bonds is 5. The quantitative estimate of drug-likeness (QED) is 0.668. The molecule has 0 amide bonds. The van der Waals surface area contributed by atoms with Crippen molar-refractivity contribution in [3.8, 4) is 0 Å². The van der Waals surface area contributed by atoms with Gasteiger partial charge < -0.3 is 4.90 Å². The molecule has 24 heavy (non-hydrogen) atoms. The highest BCUT2D eigenvalue weighted by molar-refractivity contribution is 7.16. The lowest BCUT2D eigenvalue weighted by Gasteiger charge is -2.20. The average molecular weight is 340 g/mol. The number of benzene rings is 1. The van der Waals surface area contributed by atoms with E-state index in [0.717, 1.165) is 23.5 Å². The molecule has 0 aliphatic heterocycles. The first-order valence-corrected chi connectivity index (χ1v) is 8.88. The van der Waals surface area contributed by atoms with E-state index in [1.807, 2.05) is 17.5 Å². The highest BCUT2D eigenvalue weighted by Gasteiger charge is 2.08.